The minimum atomic E-state index is 0.284. The zero-order valence-electron chi connectivity index (χ0n) is 18.3. The van der Waals surface area contributed by atoms with E-state index < -0.39 is 0 Å². The van der Waals surface area contributed by atoms with E-state index in [0.717, 1.165) is 51.1 Å². The maximum Gasteiger partial charge on any atom is 0.174 e. The third-order valence-corrected chi connectivity index (χ3v) is 7.58. The lowest BCUT2D eigenvalue weighted by molar-refractivity contribution is 0.218. The Labute approximate surface area is 197 Å². The molecule has 0 fully saturated rings. The highest BCUT2D eigenvalue weighted by atomic mass is 127. The topological polar surface area (TPSA) is 54.6 Å². The molecule has 160 valence electrons. The molecule has 0 saturated heterocycles. The van der Waals surface area contributed by atoms with Crippen LogP contribution in [0.1, 0.15) is 62.1 Å². The Hall–Kier alpha value is -1.59. The van der Waals surface area contributed by atoms with Crippen molar-refractivity contribution in [2.75, 3.05) is 13.7 Å². The lowest BCUT2D eigenvalue weighted by atomic mass is 9.72. The second-order valence-electron chi connectivity index (χ2n) is 8.74. The first-order chi connectivity index (χ1) is 14.3. The summed E-state index contributed by atoms with van der Waals surface area (Å²) in [7, 11) is 1.65. The molecule has 0 bridgehead atoms. The molecule has 1 heterocycles. The van der Waals surface area contributed by atoms with Gasteiger partial charge in [-0.25, -0.2) is 4.99 Å². The van der Waals surface area contributed by atoms with Crippen molar-refractivity contribution < 1.29 is 9.47 Å². The minimum Gasteiger partial charge on any atom is -0.493 e. The fraction of sp³-hybridized carbons (Fsp3) is 0.500. The minimum absolute atomic E-state index is 0.284. The van der Waals surface area contributed by atoms with Crippen molar-refractivity contribution in [3.05, 3.63) is 37.3 Å². The Balaban J connectivity index is 1.89. The smallest absolute Gasteiger partial charge is 0.174 e. The molecular weight excluding hydrogens is 507 g/mol. The number of hydrogen-bond donors (Lipinski definition) is 0. The maximum absolute atomic E-state index is 9.78. The molecule has 3 rings (SSSR count). The number of rotatable bonds is 6. The van der Waals surface area contributed by atoms with Crippen molar-refractivity contribution in [2.45, 2.75) is 53.4 Å². The number of ether oxygens (including phenoxy) is 2. The molecule has 0 saturated carbocycles. The highest BCUT2D eigenvalue weighted by Crippen LogP contribution is 2.45. The monoisotopic (exact) mass is 536 g/mol. The summed E-state index contributed by atoms with van der Waals surface area (Å²) in [5, 5.41) is 10.6. The number of halogens is 1. The summed E-state index contributed by atoms with van der Waals surface area (Å²) < 4.78 is 12.4. The van der Waals surface area contributed by atoms with Gasteiger partial charge in [0.15, 0.2) is 11.5 Å². The fourth-order valence-corrected chi connectivity index (χ4v) is 5.81. The molecule has 1 aromatic carbocycles. The largest absolute Gasteiger partial charge is 0.493 e. The van der Waals surface area contributed by atoms with Gasteiger partial charge in [0.2, 0.25) is 0 Å². The van der Waals surface area contributed by atoms with Crippen LogP contribution in [-0.2, 0) is 12.8 Å². The van der Waals surface area contributed by atoms with Gasteiger partial charge in [-0.05, 0) is 82.9 Å². The standard InChI is InChI=1S/C24H29IN2O2S/c1-6-9-29-22-19(25)10-15(11-20(22)28-5)14-27-23-18(13-26)17-8-7-16(24(2,3)4)12-21(17)30-23/h10-11,14,16H,6-9,12H2,1-5H3/t16-/m1/s1. The van der Waals surface area contributed by atoms with Crippen LogP contribution in [0.2, 0.25) is 0 Å². The van der Waals surface area contributed by atoms with Gasteiger partial charge in [-0.3, -0.25) is 0 Å². The van der Waals surface area contributed by atoms with Crippen molar-refractivity contribution in [3.8, 4) is 17.6 Å². The molecule has 1 aromatic heterocycles. The summed E-state index contributed by atoms with van der Waals surface area (Å²) in [5.74, 6) is 2.12. The van der Waals surface area contributed by atoms with E-state index in [4.69, 9.17) is 14.5 Å². The second-order valence-corrected chi connectivity index (χ2v) is 11.0. The quantitative estimate of drug-likeness (QED) is 0.297. The Morgan fingerprint density at radius 2 is 2.13 bits per heavy atom. The molecule has 1 aliphatic rings. The molecule has 2 aromatic rings. The lowest BCUT2D eigenvalue weighted by Crippen LogP contribution is -2.26. The molecule has 30 heavy (non-hydrogen) atoms. The number of fused-ring (bicyclic) bond motifs is 1. The predicted octanol–water partition coefficient (Wildman–Crippen LogP) is 6.92. The molecule has 0 unspecified atom stereocenters. The van der Waals surface area contributed by atoms with Gasteiger partial charge in [0, 0.05) is 11.1 Å². The summed E-state index contributed by atoms with van der Waals surface area (Å²) in [6.07, 6.45) is 5.93. The summed E-state index contributed by atoms with van der Waals surface area (Å²) in [6, 6.07) is 6.38. The van der Waals surface area contributed by atoms with Crippen LogP contribution in [0.4, 0.5) is 5.00 Å². The summed E-state index contributed by atoms with van der Waals surface area (Å²) in [5.41, 5.74) is 3.18. The van der Waals surface area contributed by atoms with E-state index in [9.17, 15) is 5.26 Å². The molecule has 1 aliphatic carbocycles. The average Bonchev–Trinajstić information content (AvgIpc) is 3.07. The molecule has 0 aliphatic heterocycles. The number of thiophene rings is 1. The zero-order valence-corrected chi connectivity index (χ0v) is 21.3. The lowest BCUT2D eigenvalue weighted by Gasteiger charge is -2.33. The van der Waals surface area contributed by atoms with E-state index in [0.29, 0.717) is 18.3 Å². The van der Waals surface area contributed by atoms with E-state index in [1.165, 1.54) is 10.4 Å². The molecule has 0 radical (unpaired) electrons. The van der Waals surface area contributed by atoms with E-state index in [-0.39, 0.29) is 5.41 Å². The van der Waals surface area contributed by atoms with E-state index in [2.05, 4.69) is 56.4 Å². The Kier molecular flexibility index (Phi) is 7.46. The van der Waals surface area contributed by atoms with Crippen LogP contribution in [0, 0.1) is 26.2 Å². The van der Waals surface area contributed by atoms with Crippen molar-refractivity contribution >= 4 is 45.1 Å². The number of nitriles is 1. The van der Waals surface area contributed by atoms with E-state index in [1.54, 1.807) is 18.4 Å². The van der Waals surface area contributed by atoms with Gasteiger partial charge in [-0.1, -0.05) is 27.7 Å². The normalized spacial score (nSPS) is 16.4. The average molecular weight is 536 g/mol. The van der Waals surface area contributed by atoms with Gasteiger partial charge in [-0.15, -0.1) is 11.3 Å². The van der Waals surface area contributed by atoms with Crippen molar-refractivity contribution in [2.24, 2.45) is 16.3 Å². The van der Waals surface area contributed by atoms with Crippen LogP contribution in [0.15, 0.2) is 17.1 Å². The first-order valence-electron chi connectivity index (χ1n) is 10.4. The van der Waals surface area contributed by atoms with Gasteiger partial charge >= 0.3 is 0 Å². The van der Waals surface area contributed by atoms with E-state index in [1.807, 2.05) is 18.3 Å². The molecule has 0 N–H and O–H groups in total. The highest BCUT2D eigenvalue weighted by molar-refractivity contribution is 14.1. The summed E-state index contributed by atoms with van der Waals surface area (Å²) >= 11 is 3.94. The van der Waals surface area contributed by atoms with E-state index >= 15 is 0 Å². The van der Waals surface area contributed by atoms with Gasteiger partial charge in [-0.2, -0.15) is 5.26 Å². The molecule has 1 atom stereocenters. The van der Waals surface area contributed by atoms with Crippen LogP contribution in [0.5, 0.6) is 11.5 Å². The zero-order chi connectivity index (χ0) is 21.9. The first kappa shape index (κ1) is 23.1. The molecule has 6 heteroatoms. The van der Waals surface area contributed by atoms with Gasteiger partial charge in [0.25, 0.3) is 0 Å². The van der Waals surface area contributed by atoms with Crippen molar-refractivity contribution in [3.63, 3.8) is 0 Å². The Morgan fingerprint density at radius 3 is 2.77 bits per heavy atom. The molecular formula is C24H29IN2O2S. The SMILES string of the molecule is CCCOc1c(I)cc(C=Nc2sc3c(c2C#N)CC[C@@H](C(C)(C)C)C3)cc1OC. The van der Waals surface area contributed by atoms with Crippen molar-refractivity contribution in [1.29, 1.82) is 5.26 Å². The third kappa shape index (κ3) is 5.00. The van der Waals surface area contributed by atoms with Crippen LogP contribution in [0.3, 0.4) is 0 Å². The highest BCUT2D eigenvalue weighted by Gasteiger charge is 2.32. The van der Waals surface area contributed by atoms with Crippen LogP contribution in [-0.4, -0.2) is 19.9 Å². The van der Waals surface area contributed by atoms with Gasteiger partial charge in [0.1, 0.15) is 11.1 Å². The number of methoxy groups -OCH3 is 1. The van der Waals surface area contributed by atoms with Crippen LogP contribution < -0.4 is 9.47 Å². The number of aliphatic imine (C=N–C) groups is 1. The Bertz CT molecular complexity index is 983. The van der Waals surface area contributed by atoms with Gasteiger partial charge in [0.05, 0.1) is 22.9 Å². The maximum atomic E-state index is 9.78. The molecule has 0 spiro atoms. The van der Waals surface area contributed by atoms with Gasteiger partial charge < -0.3 is 9.47 Å². The summed E-state index contributed by atoms with van der Waals surface area (Å²) in [6.45, 7) is 9.66. The third-order valence-electron chi connectivity index (χ3n) is 5.62. The fourth-order valence-electron chi connectivity index (χ4n) is 3.81. The number of benzene rings is 1. The first-order valence-corrected chi connectivity index (χ1v) is 12.3. The summed E-state index contributed by atoms with van der Waals surface area (Å²) in [4.78, 5) is 6.05. The predicted molar refractivity (Wildman–Crippen MR) is 133 cm³/mol. The number of hydrogen-bond acceptors (Lipinski definition) is 5. The van der Waals surface area contributed by atoms with Crippen molar-refractivity contribution in [1.82, 2.24) is 0 Å². The second kappa shape index (κ2) is 9.69. The molecule has 0 amide bonds. The Morgan fingerprint density at radius 1 is 1.37 bits per heavy atom. The molecule has 4 nitrogen and oxygen atoms in total. The number of nitrogens with zero attached hydrogens (tertiary/aromatic N) is 2. The van der Waals surface area contributed by atoms with Crippen LogP contribution >= 0.6 is 33.9 Å². The van der Waals surface area contributed by atoms with Crippen LogP contribution in [0.25, 0.3) is 0 Å².